The number of ether oxygens (including phenoxy) is 2. The van der Waals surface area contributed by atoms with Gasteiger partial charge in [-0.1, -0.05) is 6.92 Å². The number of hydrogen-bond acceptors (Lipinski definition) is 5. The molecule has 0 aromatic rings. The number of likely N-dealkylation sites (tertiary alicyclic amines) is 1. The Morgan fingerprint density at radius 1 is 1.30 bits per heavy atom. The highest BCUT2D eigenvalue weighted by molar-refractivity contribution is 5.80. The quantitative estimate of drug-likeness (QED) is 0.724. The van der Waals surface area contributed by atoms with Crippen LogP contribution in [0.2, 0.25) is 0 Å². The summed E-state index contributed by atoms with van der Waals surface area (Å²) < 4.78 is 10.6. The van der Waals surface area contributed by atoms with Gasteiger partial charge in [0.25, 0.3) is 0 Å². The summed E-state index contributed by atoms with van der Waals surface area (Å²) in [5.41, 5.74) is -0.503. The SMILES string of the molecule is CCOC(=O)C(CC)N1CCC[C@H]1C(=O)OC(C)(C)C. The second-order valence-corrected chi connectivity index (χ2v) is 6.11. The van der Waals surface area contributed by atoms with Gasteiger partial charge in [0.1, 0.15) is 17.7 Å². The molecular weight excluding hydrogens is 258 g/mol. The first-order chi connectivity index (χ1) is 9.30. The van der Waals surface area contributed by atoms with Crippen molar-refractivity contribution in [2.45, 2.75) is 71.6 Å². The summed E-state index contributed by atoms with van der Waals surface area (Å²) in [6.45, 7) is 10.4. The second-order valence-electron chi connectivity index (χ2n) is 6.11. The maximum Gasteiger partial charge on any atom is 0.323 e. The third kappa shape index (κ3) is 4.47. The van der Waals surface area contributed by atoms with Gasteiger partial charge in [-0.3, -0.25) is 14.5 Å². The van der Waals surface area contributed by atoms with Gasteiger partial charge in [0.2, 0.25) is 0 Å². The van der Waals surface area contributed by atoms with Crippen molar-refractivity contribution in [2.75, 3.05) is 13.2 Å². The minimum atomic E-state index is -0.503. The number of esters is 2. The van der Waals surface area contributed by atoms with Gasteiger partial charge in [0.15, 0.2) is 0 Å². The number of hydrogen-bond donors (Lipinski definition) is 0. The van der Waals surface area contributed by atoms with Gasteiger partial charge in [-0.2, -0.15) is 0 Å². The lowest BCUT2D eigenvalue weighted by Gasteiger charge is -2.31. The Balaban J connectivity index is 2.77. The van der Waals surface area contributed by atoms with Gasteiger partial charge in [-0.05, 0) is 53.5 Å². The van der Waals surface area contributed by atoms with Crippen molar-refractivity contribution in [2.24, 2.45) is 0 Å². The summed E-state index contributed by atoms with van der Waals surface area (Å²) in [6, 6.07) is -0.682. The van der Waals surface area contributed by atoms with Crippen LogP contribution in [-0.4, -0.2) is 47.7 Å². The van der Waals surface area contributed by atoms with Gasteiger partial charge >= 0.3 is 11.9 Å². The van der Waals surface area contributed by atoms with Gasteiger partial charge in [0.05, 0.1) is 6.61 Å². The van der Waals surface area contributed by atoms with Crippen LogP contribution in [-0.2, 0) is 19.1 Å². The van der Waals surface area contributed by atoms with E-state index in [0.717, 1.165) is 19.4 Å². The van der Waals surface area contributed by atoms with E-state index in [1.54, 1.807) is 6.92 Å². The number of carbonyl (C=O) groups excluding carboxylic acids is 2. The van der Waals surface area contributed by atoms with E-state index in [-0.39, 0.29) is 24.0 Å². The molecule has 0 aromatic heterocycles. The first kappa shape index (κ1) is 17.0. The Labute approximate surface area is 121 Å². The highest BCUT2D eigenvalue weighted by atomic mass is 16.6. The van der Waals surface area contributed by atoms with Crippen LogP contribution >= 0.6 is 0 Å². The molecule has 1 unspecified atom stereocenters. The molecule has 0 bridgehead atoms. The number of nitrogens with zero attached hydrogens (tertiary/aromatic N) is 1. The fourth-order valence-electron chi connectivity index (χ4n) is 2.56. The molecule has 1 rings (SSSR count). The summed E-state index contributed by atoms with van der Waals surface area (Å²) in [7, 11) is 0. The van der Waals surface area contributed by atoms with Crippen LogP contribution in [0.25, 0.3) is 0 Å². The van der Waals surface area contributed by atoms with Crippen molar-refractivity contribution in [3.63, 3.8) is 0 Å². The number of carbonyl (C=O) groups is 2. The van der Waals surface area contributed by atoms with Crippen LogP contribution in [0.15, 0.2) is 0 Å². The molecule has 0 spiro atoms. The lowest BCUT2D eigenvalue weighted by atomic mass is 10.1. The van der Waals surface area contributed by atoms with Gasteiger partial charge in [0, 0.05) is 0 Å². The van der Waals surface area contributed by atoms with E-state index in [4.69, 9.17) is 9.47 Å². The van der Waals surface area contributed by atoms with E-state index in [2.05, 4.69) is 0 Å². The van der Waals surface area contributed by atoms with Crippen molar-refractivity contribution < 1.29 is 19.1 Å². The summed E-state index contributed by atoms with van der Waals surface area (Å²) in [5.74, 6) is -0.483. The molecule has 1 saturated heterocycles. The van der Waals surface area contributed by atoms with Crippen LogP contribution in [0.1, 0.15) is 53.9 Å². The van der Waals surface area contributed by atoms with Crippen molar-refractivity contribution >= 4 is 11.9 Å². The smallest absolute Gasteiger partial charge is 0.323 e. The molecule has 116 valence electrons. The largest absolute Gasteiger partial charge is 0.465 e. The van der Waals surface area contributed by atoms with E-state index < -0.39 is 5.60 Å². The molecule has 5 heteroatoms. The molecule has 5 nitrogen and oxygen atoms in total. The van der Waals surface area contributed by atoms with Gasteiger partial charge in [-0.15, -0.1) is 0 Å². The molecule has 0 amide bonds. The molecule has 0 radical (unpaired) electrons. The van der Waals surface area contributed by atoms with Crippen LogP contribution in [0.5, 0.6) is 0 Å². The van der Waals surface area contributed by atoms with Crippen molar-refractivity contribution in [3.05, 3.63) is 0 Å². The molecule has 0 aromatic carbocycles. The Morgan fingerprint density at radius 2 is 1.95 bits per heavy atom. The summed E-state index contributed by atoms with van der Waals surface area (Å²) in [4.78, 5) is 26.2. The third-order valence-corrected chi connectivity index (χ3v) is 3.32. The molecule has 1 fully saturated rings. The molecular formula is C15H27NO4. The maximum absolute atomic E-state index is 12.3. The first-order valence-electron chi connectivity index (χ1n) is 7.45. The third-order valence-electron chi connectivity index (χ3n) is 3.32. The van der Waals surface area contributed by atoms with Crippen molar-refractivity contribution in [3.8, 4) is 0 Å². The zero-order chi connectivity index (χ0) is 15.3. The molecule has 1 heterocycles. The van der Waals surface area contributed by atoms with Crippen LogP contribution in [0.4, 0.5) is 0 Å². The highest BCUT2D eigenvalue weighted by Gasteiger charge is 2.40. The molecule has 20 heavy (non-hydrogen) atoms. The Morgan fingerprint density at radius 3 is 2.45 bits per heavy atom. The van der Waals surface area contributed by atoms with Gasteiger partial charge in [-0.25, -0.2) is 0 Å². The van der Waals surface area contributed by atoms with Crippen molar-refractivity contribution in [1.29, 1.82) is 0 Å². The standard InChI is InChI=1S/C15H27NO4/c1-6-11(13(17)19-7-2)16-10-8-9-12(16)14(18)20-15(3,4)5/h11-12H,6-10H2,1-5H3/t11?,12-/m0/s1. The predicted octanol–water partition coefficient (Wildman–Crippen LogP) is 2.13. The molecule has 1 aliphatic heterocycles. The van der Waals surface area contributed by atoms with Crippen LogP contribution in [0.3, 0.4) is 0 Å². The Hall–Kier alpha value is -1.10. The van der Waals surface area contributed by atoms with E-state index in [1.165, 1.54) is 0 Å². The molecule has 0 N–H and O–H groups in total. The Bertz CT molecular complexity index is 348. The number of rotatable bonds is 5. The molecule has 0 saturated carbocycles. The summed E-state index contributed by atoms with van der Waals surface area (Å²) in [6.07, 6.45) is 2.28. The van der Waals surface area contributed by atoms with Crippen molar-refractivity contribution in [1.82, 2.24) is 4.90 Å². The summed E-state index contributed by atoms with van der Waals surface area (Å²) >= 11 is 0. The van der Waals surface area contributed by atoms with E-state index in [9.17, 15) is 9.59 Å². The second kappa shape index (κ2) is 7.07. The lowest BCUT2D eigenvalue weighted by Crippen LogP contribution is -2.49. The molecule has 0 aliphatic carbocycles. The zero-order valence-electron chi connectivity index (χ0n) is 13.3. The minimum Gasteiger partial charge on any atom is -0.465 e. The topological polar surface area (TPSA) is 55.8 Å². The monoisotopic (exact) mass is 285 g/mol. The Kier molecular flexibility index (Phi) is 5.99. The fourth-order valence-corrected chi connectivity index (χ4v) is 2.56. The average molecular weight is 285 g/mol. The van der Waals surface area contributed by atoms with E-state index >= 15 is 0 Å². The molecule has 2 atom stereocenters. The minimum absolute atomic E-state index is 0.238. The predicted molar refractivity (Wildman–Crippen MR) is 76.3 cm³/mol. The normalized spacial score (nSPS) is 21.6. The lowest BCUT2D eigenvalue weighted by molar-refractivity contribution is -0.163. The van der Waals surface area contributed by atoms with E-state index in [0.29, 0.717) is 13.0 Å². The van der Waals surface area contributed by atoms with Gasteiger partial charge < -0.3 is 9.47 Å². The zero-order valence-corrected chi connectivity index (χ0v) is 13.3. The van der Waals surface area contributed by atoms with Crippen LogP contribution in [0, 0.1) is 0 Å². The fraction of sp³-hybridized carbons (Fsp3) is 0.867. The average Bonchev–Trinajstić information content (AvgIpc) is 2.77. The van der Waals surface area contributed by atoms with E-state index in [1.807, 2.05) is 32.6 Å². The summed E-state index contributed by atoms with van der Waals surface area (Å²) in [5, 5.41) is 0. The highest BCUT2D eigenvalue weighted by Crippen LogP contribution is 2.25. The first-order valence-corrected chi connectivity index (χ1v) is 7.45. The van der Waals surface area contributed by atoms with Crippen LogP contribution < -0.4 is 0 Å². The maximum atomic E-state index is 12.3. The molecule has 1 aliphatic rings.